The van der Waals surface area contributed by atoms with E-state index in [2.05, 4.69) is 13.8 Å². The number of carbonyl (C=O) groups excluding carboxylic acids is 1. The summed E-state index contributed by atoms with van der Waals surface area (Å²) >= 11 is 0. The van der Waals surface area contributed by atoms with E-state index in [0.717, 1.165) is 27.3 Å². The van der Waals surface area contributed by atoms with Gasteiger partial charge in [0.25, 0.3) is 0 Å². The van der Waals surface area contributed by atoms with Crippen LogP contribution < -0.4 is 10.4 Å². The minimum Gasteiger partial charge on any atom is -0.496 e. The molecule has 4 rings (SSSR count). The fraction of sp³-hybridized carbons (Fsp3) is 0.231. The molecule has 0 N–H and O–H groups in total. The molecule has 3 aromatic carbocycles. The van der Waals surface area contributed by atoms with Crippen molar-refractivity contribution in [2.24, 2.45) is 0 Å². The standard InChI is InChI=1S/C26H24O5/c1-15(2)20-13-21-19(12-25(27)31-24(21)9-16(20)3)14-30-26(28)22-10-17-7-5-6-8-18(17)11-23(22)29-4/h5-13,15H,14H2,1-4H3. The zero-order valence-corrected chi connectivity index (χ0v) is 18.0. The average molecular weight is 416 g/mol. The van der Waals surface area contributed by atoms with Gasteiger partial charge in [-0.05, 0) is 59.0 Å². The lowest BCUT2D eigenvalue weighted by Gasteiger charge is -2.14. The number of benzene rings is 3. The Balaban J connectivity index is 1.69. The van der Waals surface area contributed by atoms with Crippen molar-refractivity contribution < 1.29 is 18.7 Å². The van der Waals surface area contributed by atoms with Crippen molar-refractivity contribution in [2.75, 3.05) is 7.11 Å². The van der Waals surface area contributed by atoms with Gasteiger partial charge in [0.1, 0.15) is 23.5 Å². The molecule has 5 nitrogen and oxygen atoms in total. The van der Waals surface area contributed by atoms with Crippen molar-refractivity contribution in [2.45, 2.75) is 33.3 Å². The molecule has 0 aliphatic rings. The Morgan fingerprint density at radius 3 is 2.42 bits per heavy atom. The van der Waals surface area contributed by atoms with Gasteiger partial charge in [0, 0.05) is 17.0 Å². The number of hydrogen-bond donors (Lipinski definition) is 0. The number of ether oxygens (including phenoxy) is 2. The van der Waals surface area contributed by atoms with E-state index < -0.39 is 11.6 Å². The summed E-state index contributed by atoms with van der Waals surface area (Å²) in [4.78, 5) is 25.0. The van der Waals surface area contributed by atoms with Crippen LogP contribution in [0.4, 0.5) is 0 Å². The van der Waals surface area contributed by atoms with Gasteiger partial charge in [0.2, 0.25) is 0 Å². The van der Waals surface area contributed by atoms with Gasteiger partial charge in [-0.1, -0.05) is 38.1 Å². The van der Waals surface area contributed by atoms with E-state index in [-0.39, 0.29) is 6.61 Å². The molecule has 0 bridgehead atoms. The number of carbonyl (C=O) groups is 1. The molecule has 0 amide bonds. The lowest BCUT2D eigenvalue weighted by atomic mass is 9.95. The lowest BCUT2D eigenvalue weighted by Crippen LogP contribution is -2.09. The highest BCUT2D eigenvalue weighted by Crippen LogP contribution is 2.29. The summed E-state index contributed by atoms with van der Waals surface area (Å²) in [5.41, 5.74) is 3.18. The van der Waals surface area contributed by atoms with E-state index in [1.807, 2.05) is 49.4 Å². The highest BCUT2D eigenvalue weighted by Gasteiger charge is 2.17. The largest absolute Gasteiger partial charge is 0.496 e. The van der Waals surface area contributed by atoms with E-state index in [1.54, 1.807) is 6.07 Å². The second-order valence-electron chi connectivity index (χ2n) is 7.93. The van der Waals surface area contributed by atoms with Gasteiger partial charge in [-0.15, -0.1) is 0 Å². The van der Waals surface area contributed by atoms with Crippen LogP contribution in [0, 0.1) is 6.92 Å². The van der Waals surface area contributed by atoms with Crippen LogP contribution in [0.3, 0.4) is 0 Å². The second-order valence-corrected chi connectivity index (χ2v) is 7.93. The first-order valence-electron chi connectivity index (χ1n) is 10.2. The summed E-state index contributed by atoms with van der Waals surface area (Å²) in [5, 5.41) is 2.66. The summed E-state index contributed by atoms with van der Waals surface area (Å²) in [5.74, 6) is 0.243. The van der Waals surface area contributed by atoms with Gasteiger partial charge >= 0.3 is 11.6 Å². The first kappa shape index (κ1) is 20.7. The van der Waals surface area contributed by atoms with Gasteiger partial charge < -0.3 is 13.9 Å². The van der Waals surface area contributed by atoms with Crippen LogP contribution in [-0.2, 0) is 11.3 Å². The maximum Gasteiger partial charge on any atom is 0.342 e. The summed E-state index contributed by atoms with van der Waals surface area (Å²) in [6.45, 7) is 6.17. The van der Waals surface area contributed by atoms with Crippen molar-refractivity contribution in [3.05, 3.63) is 87.3 Å². The maximum atomic E-state index is 12.9. The van der Waals surface area contributed by atoms with Crippen molar-refractivity contribution in [3.63, 3.8) is 0 Å². The van der Waals surface area contributed by atoms with E-state index in [9.17, 15) is 9.59 Å². The zero-order chi connectivity index (χ0) is 22.1. The zero-order valence-electron chi connectivity index (χ0n) is 18.0. The summed E-state index contributed by atoms with van der Waals surface area (Å²) in [6, 6.07) is 16.6. The van der Waals surface area contributed by atoms with Gasteiger partial charge in [-0.2, -0.15) is 0 Å². The molecule has 1 aromatic heterocycles. The van der Waals surface area contributed by atoms with Crippen molar-refractivity contribution in [3.8, 4) is 5.75 Å². The molecule has 0 saturated heterocycles. The van der Waals surface area contributed by atoms with Crippen molar-refractivity contribution >= 4 is 27.7 Å². The fourth-order valence-electron chi connectivity index (χ4n) is 3.90. The first-order valence-corrected chi connectivity index (χ1v) is 10.2. The third-order valence-corrected chi connectivity index (χ3v) is 5.49. The van der Waals surface area contributed by atoms with Crippen molar-refractivity contribution in [1.29, 1.82) is 0 Å². The Hall–Kier alpha value is -3.60. The molecule has 1 heterocycles. The fourth-order valence-corrected chi connectivity index (χ4v) is 3.90. The van der Waals surface area contributed by atoms with Gasteiger partial charge in [-0.3, -0.25) is 0 Å². The van der Waals surface area contributed by atoms with Crippen LogP contribution in [0.2, 0.25) is 0 Å². The predicted octanol–water partition coefficient (Wildman–Crippen LogP) is 5.74. The molecular weight excluding hydrogens is 392 g/mol. The molecule has 31 heavy (non-hydrogen) atoms. The van der Waals surface area contributed by atoms with E-state index in [4.69, 9.17) is 13.9 Å². The Bertz CT molecular complexity index is 1350. The number of esters is 1. The minimum absolute atomic E-state index is 0.0441. The second kappa shape index (κ2) is 8.26. The Morgan fingerprint density at radius 1 is 1.03 bits per heavy atom. The highest BCUT2D eigenvalue weighted by molar-refractivity contribution is 5.98. The average Bonchev–Trinajstić information content (AvgIpc) is 2.75. The molecule has 4 aromatic rings. The molecule has 0 aliphatic carbocycles. The van der Waals surface area contributed by atoms with Crippen molar-refractivity contribution in [1.82, 2.24) is 0 Å². The number of methoxy groups -OCH3 is 1. The molecule has 0 aliphatic heterocycles. The normalized spacial score (nSPS) is 11.3. The van der Waals surface area contributed by atoms with Crippen LogP contribution in [0.15, 0.2) is 63.8 Å². The van der Waals surface area contributed by atoms with Gasteiger partial charge in [-0.25, -0.2) is 9.59 Å². The minimum atomic E-state index is -0.514. The van der Waals surface area contributed by atoms with Crippen LogP contribution in [0.5, 0.6) is 5.75 Å². The van der Waals surface area contributed by atoms with Crippen LogP contribution >= 0.6 is 0 Å². The summed E-state index contributed by atoms with van der Waals surface area (Å²) in [7, 11) is 1.52. The maximum absolute atomic E-state index is 12.9. The number of hydrogen-bond acceptors (Lipinski definition) is 5. The van der Waals surface area contributed by atoms with E-state index in [1.165, 1.54) is 13.2 Å². The Labute approximate surface area is 180 Å². The molecule has 0 unspecified atom stereocenters. The number of aryl methyl sites for hydroxylation is 1. The highest BCUT2D eigenvalue weighted by atomic mass is 16.5. The van der Waals surface area contributed by atoms with E-state index in [0.29, 0.717) is 28.4 Å². The molecule has 0 saturated carbocycles. The Kier molecular flexibility index (Phi) is 5.51. The molecule has 0 spiro atoms. The Morgan fingerprint density at radius 2 is 1.74 bits per heavy atom. The van der Waals surface area contributed by atoms with Crippen LogP contribution in [0.25, 0.3) is 21.7 Å². The molecule has 0 fully saturated rings. The smallest absolute Gasteiger partial charge is 0.342 e. The topological polar surface area (TPSA) is 65.7 Å². The molecule has 0 radical (unpaired) electrons. The van der Waals surface area contributed by atoms with Gasteiger partial charge in [0.15, 0.2) is 0 Å². The van der Waals surface area contributed by atoms with Gasteiger partial charge in [0.05, 0.1) is 7.11 Å². The predicted molar refractivity (Wildman–Crippen MR) is 121 cm³/mol. The summed E-state index contributed by atoms with van der Waals surface area (Å²) in [6.07, 6.45) is 0. The third kappa shape index (κ3) is 4.04. The SMILES string of the molecule is COc1cc2ccccc2cc1C(=O)OCc1cc(=O)oc2cc(C)c(C(C)C)cc12. The lowest BCUT2D eigenvalue weighted by molar-refractivity contribution is 0.0470. The van der Waals surface area contributed by atoms with Crippen LogP contribution in [0.1, 0.15) is 46.8 Å². The number of rotatable bonds is 5. The molecular formula is C26H24O5. The van der Waals surface area contributed by atoms with Crippen LogP contribution in [-0.4, -0.2) is 13.1 Å². The first-order chi connectivity index (χ1) is 14.9. The molecule has 5 heteroatoms. The quantitative estimate of drug-likeness (QED) is 0.306. The molecule has 0 atom stereocenters. The summed E-state index contributed by atoms with van der Waals surface area (Å²) < 4.78 is 16.4. The third-order valence-electron chi connectivity index (χ3n) is 5.49. The van der Waals surface area contributed by atoms with E-state index >= 15 is 0 Å². The molecule has 158 valence electrons. The monoisotopic (exact) mass is 416 g/mol. The number of fused-ring (bicyclic) bond motifs is 2.